The highest BCUT2D eigenvalue weighted by Gasteiger charge is 2.17. The van der Waals surface area contributed by atoms with Crippen molar-refractivity contribution in [3.8, 4) is 11.5 Å². The first-order valence-electron chi connectivity index (χ1n) is 9.60. The summed E-state index contributed by atoms with van der Waals surface area (Å²) in [5.74, 6) is 2.98. The molecule has 3 heterocycles. The number of para-hydroxylation sites is 1. The van der Waals surface area contributed by atoms with Crippen molar-refractivity contribution < 1.29 is 14.2 Å². The van der Waals surface area contributed by atoms with Crippen LogP contribution in [-0.4, -0.2) is 36.0 Å². The lowest BCUT2D eigenvalue weighted by molar-refractivity contribution is 0.120. The Bertz CT molecular complexity index is 989. The molecule has 0 amide bonds. The van der Waals surface area contributed by atoms with Gasteiger partial charge < -0.3 is 24.8 Å². The smallest absolute Gasteiger partial charge is 0.231 e. The molecule has 1 atom stereocenters. The predicted molar refractivity (Wildman–Crippen MR) is 107 cm³/mol. The van der Waals surface area contributed by atoms with E-state index < -0.39 is 0 Å². The molecule has 0 aliphatic carbocycles. The fourth-order valence-corrected chi connectivity index (χ4v) is 3.54. The fourth-order valence-electron chi connectivity index (χ4n) is 3.54. The van der Waals surface area contributed by atoms with E-state index in [0.29, 0.717) is 12.5 Å². The average molecular weight is 378 g/mol. The summed E-state index contributed by atoms with van der Waals surface area (Å²) in [6.45, 7) is 2.47. The summed E-state index contributed by atoms with van der Waals surface area (Å²) in [5, 5.41) is 7.78. The lowest BCUT2D eigenvalue weighted by atomic mass is 10.2. The lowest BCUT2D eigenvalue weighted by Crippen LogP contribution is -2.19. The molecule has 7 heteroatoms. The number of ether oxygens (including phenoxy) is 3. The summed E-state index contributed by atoms with van der Waals surface area (Å²) >= 11 is 0. The molecule has 1 saturated heterocycles. The zero-order valence-corrected chi connectivity index (χ0v) is 15.5. The quantitative estimate of drug-likeness (QED) is 0.679. The minimum Gasteiger partial charge on any atom is -0.454 e. The Labute approximate surface area is 163 Å². The Balaban J connectivity index is 1.35. The van der Waals surface area contributed by atoms with Crippen LogP contribution in [0.15, 0.2) is 42.5 Å². The lowest BCUT2D eigenvalue weighted by Gasteiger charge is -2.14. The number of fused-ring (bicyclic) bond motifs is 2. The monoisotopic (exact) mass is 378 g/mol. The Morgan fingerprint density at radius 3 is 2.86 bits per heavy atom. The van der Waals surface area contributed by atoms with Crippen molar-refractivity contribution in [2.24, 2.45) is 0 Å². The summed E-state index contributed by atoms with van der Waals surface area (Å²) in [4.78, 5) is 9.36. The summed E-state index contributed by atoms with van der Waals surface area (Å²) in [7, 11) is 0. The van der Waals surface area contributed by atoms with Crippen LogP contribution in [0.5, 0.6) is 11.5 Å². The highest BCUT2D eigenvalue weighted by atomic mass is 16.7. The molecule has 5 rings (SSSR count). The summed E-state index contributed by atoms with van der Waals surface area (Å²) in [6, 6.07) is 13.9. The first kappa shape index (κ1) is 17.1. The van der Waals surface area contributed by atoms with E-state index in [1.54, 1.807) is 0 Å². The standard InChI is InChI=1S/C21H22N4O3/c1-2-6-17-16(5-1)20(22-12-15-4-3-9-26-15)25-21(24-17)23-11-14-7-8-18-19(10-14)28-13-27-18/h1-2,5-8,10,15H,3-4,9,11-13H2,(H2,22,23,24,25). The van der Waals surface area contributed by atoms with Gasteiger partial charge in [-0.15, -0.1) is 0 Å². The molecule has 0 bridgehead atoms. The van der Waals surface area contributed by atoms with Gasteiger partial charge in [-0.2, -0.15) is 4.98 Å². The second-order valence-corrected chi connectivity index (χ2v) is 6.97. The van der Waals surface area contributed by atoms with E-state index >= 15 is 0 Å². The number of hydrogen-bond donors (Lipinski definition) is 2. The Morgan fingerprint density at radius 2 is 1.93 bits per heavy atom. The Morgan fingerprint density at radius 1 is 1.00 bits per heavy atom. The zero-order chi connectivity index (χ0) is 18.8. The normalized spacial score (nSPS) is 17.8. The van der Waals surface area contributed by atoms with Crippen LogP contribution in [0.2, 0.25) is 0 Å². The van der Waals surface area contributed by atoms with E-state index in [2.05, 4.69) is 15.6 Å². The van der Waals surface area contributed by atoms with Gasteiger partial charge in [0.15, 0.2) is 11.5 Å². The van der Waals surface area contributed by atoms with Gasteiger partial charge in [0.25, 0.3) is 0 Å². The number of nitrogens with one attached hydrogen (secondary N) is 2. The van der Waals surface area contributed by atoms with Crippen molar-refractivity contribution in [2.75, 3.05) is 30.6 Å². The number of anilines is 2. The molecule has 2 aliphatic rings. The molecule has 3 aromatic rings. The third-order valence-corrected chi connectivity index (χ3v) is 5.01. The van der Waals surface area contributed by atoms with E-state index in [9.17, 15) is 0 Å². The van der Waals surface area contributed by atoms with E-state index in [-0.39, 0.29) is 12.9 Å². The van der Waals surface area contributed by atoms with Crippen LogP contribution < -0.4 is 20.1 Å². The molecule has 0 saturated carbocycles. The molecule has 2 N–H and O–H groups in total. The summed E-state index contributed by atoms with van der Waals surface area (Å²) in [6.07, 6.45) is 2.46. The molecular formula is C21H22N4O3. The summed E-state index contributed by atoms with van der Waals surface area (Å²) < 4.78 is 16.5. The number of hydrogen-bond acceptors (Lipinski definition) is 7. The Hall–Kier alpha value is -3.06. The molecule has 0 spiro atoms. The SMILES string of the molecule is c1ccc2c(NCC3CCCO3)nc(NCc3ccc4c(c3)OCO4)nc2c1. The fraction of sp³-hybridized carbons (Fsp3) is 0.333. The van der Waals surface area contributed by atoms with E-state index in [1.165, 1.54) is 0 Å². The molecule has 1 unspecified atom stereocenters. The van der Waals surface area contributed by atoms with Crippen LogP contribution in [0.25, 0.3) is 10.9 Å². The molecule has 2 aromatic carbocycles. The van der Waals surface area contributed by atoms with Gasteiger partial charge in [0.1, 0.15) is 5.82 Å². The van der Waals surface area contributed by atoms with Crippen molar-refractivity contribution in [3.05, 3.63) is 48.0 Å². The van der Waals surface area contributed by atoms with Gasteiger partial charge in [0.05, 0.1) is 11.6 Å². The van der Waals surface area contributed by atoms with Crippen molar-refractivity contribution in [3.63, 3.8) is 0 Å². The van der Waals surface area contributed by atoms with Crippen molar-refractivity contribution >= 4 is 22.7 Å². The van der Waals surface area contributed by atoms with E-state index in [1.807, 2.05) is 42.5 Å². The predicted octanol–water partition coefficient (Wildman–Crippen LogP) is 3.56. The maximum atomic E-state index is 5.72. The number of benzene rings is 2. The van der Waals surface area contributed by atoms with Crippen molar-refractivity contribution in [1.82, 2.24) is 9.97 Å². The first-order chi connectivity index (χ1) is 13.8. The molecule has 0 radical (unpaired) electrons. The highest BCUT2D eigenvalue weighted by molar-refractivity contribution is 5.90. The van der Waals surface area contributed by atoms with E-state index in [0.717, 1.165) is 59.8 Å². The minimum absolute atomic E-state index is 0.249. The molecule has 28 heavy (non-hydrogen) atoms. The molecule has 2 aliphatic heterocycles. The number of rotatable bonds is 6. The largest absolute Gasteiger partial charge is 0.454 e. The van der Waals surface area contributed by atoms with Crippen LogP contribution >= 0.6 is 0 Å². The Kier molecular flexibility index (Phi) is 4.58. The van der Waals surface area contributed by atoms with Crippen LogP contribution in [0.4, 0.5) is 11.8 Å². The topological polar surface area (TPSA) is 77.5 Å². The number of aromatic nitrogens is 2. The molecule has 1 fully saturated rings. The van der Waals surface area contributed by atoms with Gasteiger partial charge >= 0.3 is 0 Å². The van der Waals surface area contributed by atoms with Crippen molar-refractivity contribution in [1.29, 1.82) is 0 Å². The average Bonchev–Trinajstić information content (AvgIpc) is 3.41. The van der Waals surface area contributed by atoms with Crippen LogP contribution in [-0.2, 0) is 11.3 Å². The van der Waals surface area contributed by atoms with Gasteiger partial charge in [-0.05, 0) is 42.7 Å². The molecule has 1 aromatic heterocycles. The van der Waals surface area contributed by atoms with Gasteiger partial charge in [-0.25, -0.2) is 4.98 Å². The third kappa shape index (κ3) is 3.53. The molecule has 7 nitrogen and oxygen atoms in total. The second kappa shape index (κ2) is 7.52. The van der Waals surface area contributed by atoms with Gasteiger partial charge in [0.2, 0.25) is 12.7 Å². The molecule has 144 valence electrons. The van der Waals surface area contributed by atoms with Crippen LogP contribution in [0.1, 0.15) is 18.4 Å². The maximum absolute atomic E-state index is 5.72. The van der Waals surface area contributed by atoms with Gasteiger partial charge in [-0.3, -0.25) is 0 Å². The van der Waals surface area contributed by atoms with Crippen LogP contribution in [0.3, 0.4) is 0 Å². The summed E-state index contributed by atoms with van der Waals surface area (Å²) in [5.41, 5.74) is 1.98. The highest BCUT2D eigenvalue weighted by Crippen LogP contribution is 2.32. The van der Waals surface area contributed by atoms with E-state index in [4.69, 9.17) is 19.2 Å². The number of nitrogens with zero attached hydrogens (tertiary/aromatic N) is 2. The van der Waals surface area contributed by atoms with Gasteiger partial charge in [0, 0.05) is 25.1 Å². The van der Waals surface area contributed by atoms with Gasteiger partial charge in [-0.1, -0.05) is 18.2 Å². The first-order valence-corrected chi connectivity index (χ1v) is 9.60. The van der Waals surface area contributed by atoms with Crippen molar-refractivity contribution in [2.45, 2.75) is 25.5 Å². The second-order valence-electron chi connectivity index (χ2n) is 6.97. The van der Waals surface area contributed by atoms with Crippen LogP contribution in [0, 0.1) is 0 Å². The third-order valence-electron chi connectivity index (χ3n) is 5.01. The maximum Gasteiger partial charge on any atom is 0.231 e. The molecular weight excluding hydrogens is 356 g/mol. The zero-order valence-electron chi connectivity index (χ0n) is 15.5. The minimum atomic E-state index is 0.249.